The second kappa shape index (κ2) is 4.67. The van der Waals surface area contributed by atoms with Gasteiger partial charge in [-0.1, -0.05) is 28.1 Å². The number of thioether (sulfide) groups is 1. The highest BCUT2D eigenvalue weighted by molar-refractivity contribution is 9.09. The van der Waals surface area contributed by atoms with Gasteiger partial charge in [0.05, 0.1) is 4.83 Å². The minimum Gasteiger partial charge on any atom is -0.302 e. The Kier molecular flexibility index (Phi) is 3.82. The molecule has 0 spiro atoms. The maximum Gasteiger partial charge on any atom is 0.138 e. The van der Waals surface area contributed by atoms with E-state index in [1.54, 1.807) is 11.8 Å². The summed E-state index contributed by atoms with van der Waals surface area (Å²) in [6, 6.07) is 7.94. The lowest BCUT2D eigenvalue weighted by atomic mass is 10.2. The second-order valence-electron chi connectivity index (χ2n) is 2.31. The van der Waals surface area contributed by atoms with Crippen molar-refractivity contribution in [1.82, 2.24) is 0 Å². The van der Waals surface area contributed by atoms with E-state index in [0.717, 1.165) is 11.8 Å². The second-order valence-corrected chi connectivity index (χ2v) is 4.18. The predicted molar refractivity (Wildman–Crippen MR) is 56.0 cm³/mol. The number of hydrogen-bond donors (Lipinski definition) is 0. The molecule has 0 saturated heterocycles. The van der Waals surface area contributed by atoms with Crippen LogP contribution in [0.15, 0.2) is 29.2 Å². The van der Waals surface area contributed by atoms with Crippen molar-refractivity contribution in [2.75, 3.05) is 6.26 Å². The summed E-state index contributed by atoms with van der Waals surface area (Å²) in [7, 11) is 0. The van der Waals surface area contributed by atoms with Gasteiger partial charge < -0.3 is 4.79 Å². The number of aldehydes is 1. The quantitative estimate of drug-likeness (QED) is 0.462. The minimum atomic E-state index is -0.173. The Bertz CT molecular complexity index is 258. The third kappa shape index (κ3) is 2.35. The lowest BCUT2D eigenvalue weighted by molar-refractivity contribution is -0.107. The fraction of sp³-hybridized carbons (Fsp3) is 0.222. The molecule has 1 aromatic carbocycles. The first kappa shape index (κ1) is 9.81. The molecule has 1 aromatic rings. The number of hydrogen-bond acceptors (Lipinski definition) is 2. The third-order valence-corrected chi connectivity index (χ3v) is 3.04. The number of rotatable bonds is 3. The van der Waals surface area contributed by atoms with Gasteiger partial charge in [-0.3, -0.25) is 0 Å². The van der Waals surface area contributed by atoms with E-state index in [-0.39, 0.29) is 4.83 Å². The maximum absolute atomic E-state index is 10.4. The summed E-state index contributed by atoms with van der Waals surface area (Å²) in [5, 5.41) is 0. The van der Waals surface area contributed by atoms with Gasteiger partial charge in [0.15, 0.2) is 0 Å². The number of carbonyl (C=O) groups is 1. The van der Waals surface area contributed by atoms with Crippen LogP contribution < -0.4 is 0 Å². The van der Waals surface area contributed by atoms with Crippen molar-refractivity contribution in [3.63, 3.8) is 0 Å². The zero-order valence-corrected chi connectivity index (χ0v) is 9.06. The molecular weight excluding hydrogens is 236 g/mol. The van der Waals surface area contributed by atoms with E-state index in [2.05, 4.69) is 15.9 Å². The van der Waals surface area contributed by atoms with Crippen LogP contribution in [0.25, 0.3) is 0 Å². The highest BCUT2D eigenvalue weighted by atomic mass is 79.9. The van der Waals surface area contributed by atoms with Crippen LogP contribution in [0.1, 0.15) is 10.4 Å². The molecule has 0 fully saturated rings. The van der Waals surface area contributed by atoms with Crippen LogP contribution in [0.5, 0.6) is 0 Å². The standard InChI is InChI=1S/C9H9BrOS/c1-12-8-4-2-7(3-5-8)9(10)6-11/h2-6,9H,1H3. The Hall–Kier alpha value is -0.280. The highest BCUT2D eigenvalue weighted by Gasteiger charge is 2.03. The monoisotopic (exact) mass is 244 g/mol. The van der Waals surface area contributed by atoms with E-state index in [9.17, 15) is 4.79 Å². The largest absolute Gasteiger partial charge is 0.302 e. The lowest BCUT2D eigenvalue weighted by Gasteiger charge is -2.02. The summed E-state index contributed by atoms with van der Waals surface area (Å²) in [6.07, 6.45) is 2.91. The Morgan fingerprint density at radius 1 is 1.42 bits per heavy atom. The number of carbonyl (C=O) groups excluding carboxylic acids is 1. The van der Waals surface area contributed by atoms with Crippen LogP contribution in [0.4, 0.5) is 0 Å². The smallest absolute Gasteiger partial charge is 0.138 e. The van der Waals surface area contributed by atoms with Gasteiger partial charge in [-0.15, -0.1) is 11.8 Å². The van der Waals surface area contributed by atoms with Crippen molar-refractivity contribution >= 4 is 34.0 Å². The Labute approximate surface area is 84.7 Å². The summed E-state index contributed by atoms with van der Waals surface area (Å²) in [6.45, 7) is 0. The van der Waals surface area contributed by atoms with Crippen molar-refractivity contribution in [2.24, 2.45) is 0 Å². The fourth-order valence-corrected chi connectivity index (χ4v) is 1.58. The van der Waals surface area contributed by atoms with Gasteiger partial charge in [0, 0.05) is 4.90 Å². The molecule has 0 aromatic heterocycles. The molecule has 0 saturated carbocycles. The van der Waals surface area contributed by atoms with Crippen LogP contribution in [-0.2, 0) is 4.79 Å². The first-order valence-corrected chi connectivity index (χ1v) is 5.65. The molecule has 0 bridgehead atoms. The molecular formula is C9H9BrOS. The van der Waals surface area contributed by atoms with Crippen LogP contribution in [0, 0.1) is 0 Å². The van der Waals surface area contributed by atoms with Gasteiger partial charge in [-0.2, -0.15) is 0 Å². The molecule has 64 valence electrons. The fourth-order valence-electron chi connectivity index (χ4n) is 0.866. The number of alkyl halides is 1. The topological polar surface area (TPSA) is 17.1 Å². The number of benzene rings is 1. The van der Waals surface area contributed by atoms with E-state index >= 15 is 0 Å². The molecule has 1 nitrogen and oxygen atoms in total. The van der Waals surface area contributed by atoms with Crippen molar-refractivity contribution in [1.29, 1.82) is 0 Å². The Balaban J connectivity index is 2.84. The molecule has 12 heavy (non-hydrogen) atoms. The zero-order valence-electron chi connectivity index (χ0n) is 6.66. The van der Waals surface area contributed by atoms with Crippen LogP contribution >= 0.6 is 27.7 Å². The lowest BCUT2D eigenvalue weighted by Crippen LogP contribution is -1.89. The molecule has 0 aliphatic carbocycles. The highest BCUT2D eigenvalue weighted by Crippen LogP contribution is 2.22. The Morgan fingerprint density at radius 3 is 2.42 bits per heavy atom. The SMILES string of the molecule is CSc1ccc(C(Br)C=O)cc1. The average molecular weight is 245 g/mol. The van der Waals surface area contributed by atoms with Gasteiger partial charge in [-0.05, 0) is 24.0 Å². The normalized spacial score (nSPS) is 12.5. The first-order valence-electron chi connectivity index (χ1n) is 3.51. The van der Waals surface area contributed by atoms with Crippen LogP contribution in [-0.4, -0.2) is 12.5 Å². The summed E-state index contributed by atoms with van der Waals surface area (Å²) in [5.41, 5.74) is 1.00. The molecule has 0 aliphatic heterocycles. The molecule has 0 aliphatic rings. The average Bonchev–Trinajstić information content (AvgIpc) is 2.17. The molecule has 0 heterocycles. The van der Waals surface area contributed by atoms with Gasteiger partial charge >= 0.3 is 0 Å². The first-order chi connectivity index (χ1) is 5.77. The van der Waals surface area contributed by atoms with Crippen LogP contribution in [0.3, 0.4) is 0 Å². The van der Waals surface area contributed by atoms with Gasteiger partial charge in [0.25, 0.3) is 0 Å². The third-order valence-electron chi connectivity index (χ3n) is 1.55. The van der Waals surface area contributed by atoms with Gasteiger partial charge in [0.2, 0.25) is 0 Å². The molecule has 0 amide bonds. The Morgan fingerprint density at radius 2 is 2.00 bits per heavy atom. The predicted octanol–water partition coefficient (Wildman–Crippen LogP) is 3.04. The van der Waals surface area contributed by atoms with Crippen molar-refractivity contribution in [2.45, 2.75) is 9.72 Å². The minimum absolute atomic E-state index is 0.173. The summed E-state index contributed by atoms with van der Waals surface area (Å²) >= 11 is 4.95. The van der Waals surface area contributed by atoms with Crippen molar-refractivity contribution in [3.8, 4) is 0 Å². The van der Waals surface area contributed by atoms with Crippen molar-refractivity contribution in [3.05, 3.63) is 29.8 Å². The summed E-state index contributed by atoms with van der Waals surface area (Å²) in [5.74, 6) is 0. The van der Waals surface area contributed by atoms with Crippen LogP contribution in [0.2, 0.25) is 0 Å². The zero-order chi connectivity index (χ0) is 8.97. The van der Waals surface area contributed by atoms with E-state index in [4.69, 9.17) is 0 Å². The van der Waals surface area contributed by atoms with Gasteiger partial charge in [0.1, 0.15) is 6.29 Å². The van der Waals surface area contributed by atoms with Crippen molar-refractivity contribution < 1.29 is 4.79 Å². The molecule has 0 N–H and O–H groups in total. The van der Waals surface area contributed by atoms with E-state index in [1.807, 2.05) is 30.5 Å². The summed E-state index contributed by atoms with van der Waals surface area (Å²) < 4.78 is 0. The molecule has 1 atom stereocenters. The maximum atomic E-state index is 10.4. The van der Waals surface area contributed by atoms with E-state index in [1.165, 1.54) is 4.90 Å². The van der Waals surface area contributed by atoms with E-state index in [0.29, 0.717) is 0 Å². The number of halogens is 1. The molecule has 1 unspecified atom stereocenters. The summed E-state index contributed by atoms with van der Waals surface area (Å²) in [4.78, 5) is 11.4. The molecule has 3 heteroatoms. The van der Waals surface area contributed by atoms with E-state index < -0.39 is 0 Å². The molecule has 1 rings (SSSR count). The molecule has 0 radical (unpaired) electrons. The van der Waals surface area contributed by atoms with Gasteiger partial charge in [-0.25, -0.2) is 0 Å².